The van der Waals surface area contributed by atoms with Crippen LogP contribution in [0.15, 0.2) is 297 Å². The largest absolute Gasteiger partial charge is 0.309 e. The molecule has 0 aliphatic carbocycles. The Bertz CT molecular complexity index is 6830. The average Bonchev–Trinajstić information content (AvgIpc) is 0.969. The summed E-state index contributed by atoms with van der Waals surface area (Å²) >= 11 is 0. The summed E-state index contributed by atoms with van der Waals surface area (Å²) < 4.78 is 13.6. The van der Waals surface area contributed by atoms with Crippen LogP contribution in [0.5, 0.6) is 0 Å². The minimum Gasteiger partial charge on any atom is -0.309 e. The predicted octanol–water partition coefficient (Wildman–Crippen LogP) is 25.3. The van der Waals surface area contributed by atoms with Crippen LogP contribution in [0.1, 0.15) is 89.7 Å². The number of fused-ring (bicyclic) bond motifs is 16. The average molecular weight is 1460 g/mol. The van der Waals surface area contributed by atoms with Crippen molar-refractivity contribution in [1.82, 2.24) is 47.8 Å². The number of hydrogen-bond donors (Lipinski definition) is 0. The van der Waals surface area contributed by atoms with Crippen LogP contribution >= 0.6 is 0 Å². The third-order valence-electron chi connectivity index (χ3n) is 24.6. The highest BCUT2D eigenvalue weighted by Crippen LogP contribution is 2.57. The Morgan fingerprint density at radius 3 is 0.743 bits per heavy atom. The normalized spacial score (nSPS) is 13.5. The second kappa shape index (κ2) is 25.1. The van der Waals surface area contributed by atoms with Crippen LogP contribution < -0.4 is 9.80 Å². The molecule has 0 saturated carbocycles. The Kier molecular flexibility index (Phi) is 14.9. The highest BCUT2D eigenvalue weighted by molar-refractivity contribution is 6.13. The lowest BCUT2D eigenvalue weighted by molar-refractivity contribution is 0.630. The third kappa shape index (κ3) is 10.1. The Morgan fingerprint density at radius 1 is 0.248 bits per heavy atom. The highest BCUT2D eigenvalue weighted by atomic mass is 15.3. The first kappa shape index (κ1) is 67.3. The number of hydrogen-bond acceptors (Lipinski definition) is 6. The number of anilines is 6. The second-order valence-electron chi connectivity index (χ2n) is 31.8. The maximum Gasteiger partial charge on any atom is 0.154 e. The van der Waals surface area contributed by atoms with Crippen LogP contribution in [-0.2, 0) is 10.8 Å². The molecule has 12 nitrogen and oxygen atoms in total. The van der Waals surface area contributed by atoms with E-state index in [-0.39, 0.29) is 10.8 Å². The van der Waals surface area contributed by atoms with E-state index in [1.165, 1.54) is 115 Å². The molecule has 0 fully saturated rings. The second-order valence-corrected chi connectivity index (χ2v) is 31.8. The van der Waals surface area contributed by atoms with E-state index in [0.717, 1.165) is 103 Å². The number of para-hydroxylation sites is 8. The smallest absolute Gasteiger partial charge is 0.154 e. The number of aryl methyl sites for hydroxylation is 5. The zero-order chi connectivity index (χ0) is 76.6. The van der Waals surface area contributed by atoms with E-state index in [9.17, 15) is 0 Å². The molecule has 0 atom stereocenters. The first-order valence-electron chi connectivity index (χ1n) is 39.1. The zero-order valence-corrected chi connectivity index (χ0v) is 65.2. The Labute approximate surface area is 655 Å². The van der Waals surface area contributed by atoms with Gasteiger partial charge in [-0.3, -0.25) is 0 Å². The molecule has 546 valence electrons. The fraction of sp³-hybridized carbons (Fsp3) is 0.129. The van der Waals surface area contributed by atoms with E-state index in [2.05, 4.69) is 395 Å². The molecule has 2 aliphatic rings. The molecule has 0 unspecified atom stereocenters. The topological polar surface area (TPSA) is 87.6 Å². The van der Waals surface area contributed by atoms with Gasteiger partial charge < -0.3 is 28.1 Å². The first-order valence-corrected chi connectivity index (χ1v) is 39.1. The number of rotatable bonds is 8. The lowest BCUT2D eigenvalue weighted by atomic mass is 9.73. The highest BCUT2D eigenvalue weighted by Gasteiger charge is 2.41. The fourth-order valence-electron chi connectivity index (χ4n) is 18.9. The van der Waals surface area contributed by atoms with Crippen LogP contribution in [0.25, 0.3) is 122 Å². The van der Waals surface area contributed by atoms with Gasteiger partial charge in [0.05, 0.1) is 101 Å². The van der Waals surface area contributed by atoms with Gasteiger partial charge in [-0.1, -0.05) is 173 Å². The van der Waals surface area contributed by atoms with E-state index in [0.29, 0.717) is 0 Å². The van der Waals surface area contributed by atoms with E-state index >= 15 is 0 Å². The van der Waals surface area contributed by atoms with Crippen molar-refractivity contribution in [2.24, 2.45) is 0 Å². The summed E-state index contributed by atoms with van der Waals surface area (Å²) in [6, 6.07) is 109. The summed E-state index contributed by atoms with van der Waals surface area (Å²) in [5, 5.41) is 19.6. The molecule has 22 rings (SSSR count). The van der Waals surface area contributed by atoms with E-state index in [1.807, 2.05) is 16.3 Å². The molecule has 20 aromatic rings. The van der Waals surface area contributed by atoms with Crippen molar-refractivity contribution in [3.05, 3.63) is 359 Å². The molecule has 8 aromatic heterocycles. The Balaban J connectivity index is 0.000000142. The standard InChI is InChI=1S/C51H42N6.C50H40N6/c1-31-32(2)53-57(34(31)4)50-28-27-43(33(3)52-50)56-48-25-23-35(54-44-19-11-7-15-37(44)38-16-8-12-20-45(38)54)29-41(48)51(5,6)42-30-36(24-26-49(42)56)55-46-21-13-9-17-39(46)40-18-10-14-22-47(40)55;1-31-28-32(2)56(52-31)49-27-26-42(33(3)51-49)55-47-24-22-34(53-43-18-10-6-14-36(43)37-15-7-11-19-44(37)53)29-40(47)50(4,5)41-30-35(23-25-48(41)55)54-45-20-12-8-16-38(45)39-17-9-13-21-46(39)54/h7-30H,1-6H3;6-30H,1-5H3. The van der Waals surface area contributed by atoms with Crippen molar-refractivity contribution in [1.29, 1.82) is 0 Å². The molecule has 12 aromatic carbocycles. The summed E-state index contributed by atoms with van der Waals surface area (Å²) in [6.45, 7) is 24.2. The van der Waals surface area contributed by atoms with Gasteiger partial charge >= 0.3 is 0 Å². The summed E-state index contributed by atoms with van der Waals surface area (Å²) in [5.41, 5.74) is 32.5. The molecule has 0 bridgehead atoms. The molecule has 2 aliphatic heterocycles. The van der Waals surface area contributed by atoms with Crippen molar-refractivity contribution < 1.29 is 0 Å². The van der Waals surface area contributed by atoms with Crippen molar-refractivity contribution >= 4 is 121 Å². The monoisotopic (exact) mass is 1460 g/mol. The quantitative estimate of drug-likeness (QED) is 0.151. The maximum atomic E-state index is 5.22. The lowest BCUT2D eigenvalue weighted by Gasteiger charge is -2.43. The van der Waals surface area contributed by atoms with E-state index in [4.69, 9.17) is 20.2 Å². The minimum absolute atomic E-state index is 0.352. The molecular weight excluding hydrogens is 1380 g/mol. The number of aromatic nitrogens is 10. The molecule has 0 radical (unpaired) electrons. The van der Waals surface area contributed by atoms with Crippen molar-refractivity contribution in [2.75, 3.05) is 9.80 Å². The molecule has 0 amide bonds. The van der Waals surface area contributed by atoms with Gasteiger partial charge in [-0.15, -0.1) is 0 Å². The van der Waals surface area contributed by atoms with Crippen molar-refractivity contribution in [3.63, 3.8) is 0 Å². The van der Waals surface area contributed by atoms with Gasteiger partial charge in [0.25, 0.3) is 0 Å². The van der Waals surface area contributed by atoms with E-state index in [1.54, 1.807) is 0 Å². The number of benzene rings is 12. The number of nitrogens with zero attached hydrogens (tertiary/aromatic N) is 12. The molecule has 113 heavy (non-hydrogen) atoms. The number of pyridine rings is 2. The zero-order valence-electron chi connectivity index (χ0n) is 65.2. The van der Waals surface area contributed by atoms with Gasteiger partial charge in [-0.2, -0.15) is 10.2 Å². The van der Waals surface area contributed by atoms with Crippen molar-refractivity contribution in [3.8, 4) is 34.4 Å². The van der Waals surface area contributed by atoms with Crippen LogP contribution in [-0.4, -0.2) is 47.8 Å². The molecule has 12 heteroatoms. The fourth-order valence-corrected chi connectivity index (χ4v) is 18.9. The summed E-state index contributed by atoms with van der Waals surface area (Å²) in [6.07, 6.45) is 0. The van der Waals surface area contributed by atoms with Gasteiger partial charge in [-0.25, -0.2) is 19.3 Å². The third-order valence-corrected chi connectivity index (χ3v) is 24.6. The summed E-state index contributed by atoms with van der Waals surface area (Å²) in [5.74, 6) is 1.64. The van der Waals surface area contributed by atoms with Gasteiger partial charge in [-0.05, 0) is 228 Å². The minimum atomic E-state index is -0.354. The summed E-state index contributed by atoms with van der Waals surface area (Å²) in [4.78, 5) is 15.3. The summed E-state index contributed by atoms with van der Waals surface area (Å²) in [7, 11) is 0. The Morgan fingerprint density at radius 2 is 0.504 bits per heavy atom. The van der Waals surface area contributed by atoms with Gasteiger partial charge in [0.2, 0.25) is 0 Å². The van der Waals surface area contributed by atoms with Gasteiger partial charge in [0.15, 0.2) is 11.6 Å². The van der Waals surface area contributed by atoms with Gasteiger partial charge in [0.1, 0.15) is 0 Å². The maximum absolute atomic E-state index is 5.22. The molecule has 0 saturated heterocycles. The van der Waals surface area contributed by atoms with Crippen LogP contribution in [0.2, 0.25) is 0 Å². The van der Waals surface area contributed by atoms with Crippen LogP contribution in [0, 0.1) is 48.5 Å². The molecule has 10 heterocycles. The SMILES string of the molecule is Cc1cc(C)n(-c2ccc(N3c4ccc(-n5c6ccccc6c6ccccc65)cc4C(C)(C)c4cc(-n5c6ccccc6c6ccccc65)ccc43)c(C)n2)n1.Cc1nc(-n2nc(C)c(C)c2C)ccc1N1c2ccc(-n3c4ccccc4c4ccccc43)cc2C(C)(C)c2cc(-n3c4ccccc4c4ccccc43)ccc21. The molecular formula is C101H82N12. The van der Waals surface area contributed by atoms with Crippen LogP contribution in [0.3, 0.4) is 0 Å². The molecule has 0 N–H and O–H groups in total. The molecule has 0 spiro atoms. The van der Waals surface area contributed by atoms with E-state index < -0.39 is 0 Å². The predicted molar refractivity (Wildman–Crippen MR) is 467 cm³/mol. The first-order chi connectivity index (χ1) is 55.0. The van der Waals surface area contributed by atoms with Crippen LogP contribution in [0.4, 0.5) is 34.1 Å². The lowest BCUT2D eigenvalue weighted by Crippen LogP contribution is -2.31. The van der Waals surface area contributed by atoms with Crippen molar-refractivity contribution in [2.45, 2.75) is 87.0 Å². The van der Waals surface area contributed by atoms with Gasteiger partial charge in [0, 0.05) is 88.1 Å². The Hall–Kier alpha value is -13.8.